The van der Waals surface area contributed by atoms with Gasteiger partial charge in [0.15, 0.2) is 11.5 Å². The minimum absolute atomic E-state index is 0.0187. The molecule has 0 bridgehead atoms. The molecule has 152 valence electrons. The molecule has 0 aliphatic heterocycles. The summed E-state index contributed by atoms with van der Waals surface area (Å²) in [5.74, 6) is 0.0731. The van der Waals surface area contributed by atoms with Crippen molar-refractivity contribution < 1.29 is 18.7 Å². The normalized spacial score (nSPS) is 10.7. The Kier molecular flexibility index (Phi) is 6.24. The lowest BCUT2D eigenvalue weighted by Crippen LogP contribution is -2.16. The number of aromatic nitrogens is 1. The number of halogens is 2. The first-order chi connectivity index (χ1) is 13.8. The van der Waals surface area contributed by atoms with Crippen molar-refractivity contribution >= 4 is 34.5 Å². The fourth-order valence-corrected chi connectivity index (χ4v) is 3.88. The zero-order valence-electron chi connectivity index (χ0n) is 15.9. The van der Waals surface area contributed by atoms with Crippen LogP contribution in [0.4, 0.5) is 10.1 Å². The van der Waals surface area contributed by atoms with E-state index in [1.165, 1.54) is 30.9 Å². The Morgan fingerprint density at radius 3 is 2.55 bits per heavy atom. The van der Waals surface area contributed by atoms with E-state index in [2.05, 4.69) is 5.32 Å². The molecular formula is C20H18ClFN2O4S. The molecule has 1 aromatic heterocycles. The first kappa shape index (κ1) is 20.9. The van der Waals surface area contributed by atoms with Gasteiger partial charge in [0.2, 0.25) is 0 Å². The van der Waals surface area contributed by atoms with Gasteiger partial charge in [0.1, 0.15) is 10.7 Å². The summed E-state index contributed by atoms with van der Waals surface area (Å²) >= 11 is 6.65. The smallest absolute Gasteiger partial charge is 0.308 e. The van der Waals surface area contributed by atoms with Crippen molar-refractivity contribution in [1.29, 1.82) is 0 Å². The molecule has 0 saturated heterocycles. The summed E-state index contributed by atoms with van der Waals surface area (Å²) in [5, 5.41) is 2.74. The number of hydrogen-bond acceptors (Lipinski definition) is 5. The largest absolute Gasteiger partial charge is 0.493 e. The average Bonchev–Trinajstić information content (AvgIpc) is 2.99. The van der Waals surface area contributed by atoms with Crippen LogP contribution in [0.25, 0.3) is 0 Å². The SMILES string of the molecule is COc1ccc(NC(=O)c2sc(=O)n(Cc3ccc(F)c(Cl)c3)c2C)cc1OC. The van der Waals surface area contributed by atoms with E-state index in [4.69, 9.17) is 21.1 Å². The summed E-state index contributed by atoms with van der Waals surface area (Å²) in [4.78, 5) is 25.1. The highest BCUT2D eigenvalue weighted by molar-refractivity contribution is 7.11. The molecule has 0 atom stereocenters. The van der Waals surface area contributed by atoms with Crippen LogP contribution in [0.15, 0.2) is 41.2 Å². The Morgan fingerprint density at radius 2 is 1.90 bits per heavy atom. The van der Waals surface area contributed by atoms with Gasteiger partial charge < -0.3 is 14.8 Å². The van der Waals surface area contributed by atoms with Crippen molar-refractivity contribution in [3.8, 4) is 11.5 Å². The number of ether oxygens (including phenoxy) is 2. The lowest BCUT2D eigenvalue weighted by atomic mass is 10.2. The van der Waals surface area contributed by atoms with Crippen molar-refractivity contribution in [1.82, 2.24) is 4.57 Å². The predicted molar refractivity (Wildman–Crippen MR) is 111 cm³/mol. The van der Waals surface area contributed by atoms with Gasteiger partial charge in [-0.25, -0.2) is 4.39 Å². The minimum atomic E-state index is -0.528. The highest BCUT2D eigenvalue weighted by Crippen LogP contribution is 2.30. The highest BCUT2D eigenvalue weighted by atomic mass is 35.5. The van der Waals surface area contributed by atoms with Crippen LogP contribution in [0.5, 0.6) is 11.5 Å². The monoisotopic (exact) mass is 436 g/mol. The van der Waals surface area contributed by atoms with Crippen molar-refractivity contribution in [3.63, 3.8) is 0 Å². The zero-order chi connectivity index (χ0) is 21.1. The molecule has 0 saturated carbocycles. The molecule has 0 fully saturated rings. The van der Waals surface area contributed by atoms with E-state index in [0.717, 1.165) is 11.3 Å². The van der Waals surface area contributed by atoms with Crippen LogP contribution in [0.1, 0.15) is 20.9 Å². The first-order valence-electron chi connectivity index (χ1n) is 8.51. The van der Waals surface area contributed by atoms with E-state index in [0.29, 0.717) is 28.4 Å². The van der Waals surface area contributed by atoms with Crippen molar-refractivity contribution in [2.75, 3.05) is 19.5 Å². The molecule has 3 rings (SSSR count). The van der Waals surface area contributed by atoms with Crippen LogP contribution >= 0.6 is 22.9 Å². The lowest BCUT2D eigenvalue weighted by Gasteiger charge is -2.10. The van der Waals surface area contributed by atoms with Crippen LogP contribution in [0.2, 0.25) is 5.02 Å². The number of nitrogens with one attached hydrogen (secondary N) is 1. The summed E-state index contributed by atoms with van der Waals surface area (Å²) in [6.07, 6.45) is 0. The zero-order valence-corrected chi connectivity index (χ0v) is 17.5. The maximum Gasteiger partial charge on any atom is 0.308 e. The molecule has 3 aromatic rings. The van der Waals surface area contributed by atoms with Gasteiger partial charge in [-0.05, 0) is 36.8 Å². The molecule has 0 aliphatic rings. The second-order valence-electron chi connectivity index (χ2n) is 6.14. The Balaban J connectivity index is 1.84. The molecule has 1 amide bonds. The number of amides is 1. The molecule has 29 heavy (non-hydrogen) atoms. The maximum atomic E-state index is 13.3. The van der Waals surface area contributed by atoms with Gasteiger partial charge in [0.25, 0.3) is 5.91 Å². The number of nitrogens with zero attached hydrogens (tertiary/aromatic N) is 1. The van der Waals surface area contributed by atoms with Crippen LogP contribution in [-0.4, -0.2) is 24.7 Å². The Hall–Kier alpha value is -2.84. The standard InChI is InChI=1S/C20H18ClFN2O4S/c1-11-18(19(25)23-13-5-7-16(27-2)17(9-13)28-3)29-20(26)24(11)10-12-4-6-15(22)14(21)8-12/h4-9H,10H2,1-3H3,(H,23,25). The molecule has 1 heterocycles. The fourth-order valence-electron chi connectivity index (χ4n) is 2.79. The van der Waals surface area contributed by atoms with Gasteiger partial charge in [-0.2, -0.15) is 0 Å². The van der Waals surface area contributed by atoms with Crippen LogP contribution in [0.3, 0.4) is 0 Å². The van der Waals surface area contributed by atoms with E-state index >= 15 is 0 Å². The molecule has 6 nitrogen and oxygen atoms in total. The second kappa shape index (κ2) is 8.67. The third kappa shape index (κ3) is 4.44. The van der Waals surface area contributed by atoms with E-state index in [9.17, 15) is 14.0 Å². The topological polar surface area (TPSA) is 69.6 Å². The van der Waals surface area contributed by atoms with Crippen molar-refractivity contribution in [2.45, 2.75) is 13.5 Å². The summed E-state index contributed by atoms with van der Waals surface area (Å²) in [6, 6.07) is 9.24. The number of benzene rings is 2. The van der Waals surface area contributed by atoms with Gasteiger partial charge in [-0.1, -0.05) is 29.0 Å². The number of carbonyl (C=O) groups excluding carboxylic acids is 1. The maximum absolute atomic E-state index is 13.3. The highest BCUT2D eigenvalue weighted by Gasteiger charge is 2.19. The second-order valence-corrected chi connectivity index (χ2v) is 7.51. The molecule has 0 aliphatic carbocycles. The van der Waals surface area contributed by atoms with Crippen molar-refractivity contribution in [2.24, 2.45) is 0 Å². The van der Waals surface area contributed by atoms with Crippen LogP contribution < -0.4 is 19.7 Å². The molecule has 2 aromatic carbocycles. The van der Waals surface area contributed by atoms with Gasteiger partial charge in [0, 0.05) is 17.4 Å². The molecule has 0 unspecified atom stereocenters. The lowest BCUT2D eigenvalue weighted by molar-refractivity contribution is 0.102. The first-order valence-corrected chi connectivity index (χ1v) is 9.71. The van der Waals surface area contributed by atoms with Gasteiger partial charge in [0.05, 0.1) is 25.8 Å². The fraction of sp³-hybridized carbons (Fsp3) is 0.200. The third-order valence-electron chi connectivity index (χ3n) is 4.32. The van der Waals surface area contributed by atoms with Crippen LogP contribution in [-0.2, 0) is 6.54 Å². The Morgan fingerprint density at radius 1 is 1.17 bits per heavy atom. The third-order valence-corrected chi connectivity index (χ3v) is 5.69. The summed E-state index contributed by atoms with van der Waals surface area (Å²) in [6.45, 7) is 1.87. The van der Waals surface area contributed by atoms with Gasteiger partial charge in [-0.15, -0.1) is 0 Å². The van der Waals surface area contributed by atoms with E-state index < -0.39 is 11.7 Å². The Labute approximate surface area is 175 Å². The average molecular weight is 437 g/mol. The molecule has 0 spiro atoms. The van der Waals surface area contributed by atoms with E-state index in [1.54, 1.807) is 31.2 Å². The summed E-state index contributed by atoms with van der Waals surface area (Å²) in [7, 11) is 3.02. The quantitative estimate of drug-likeness (QED) is 0.624. The van der Waals surface area contributed by atoms with Crippen molar-refractivity contribution in [3.05, 3.63) is 73.0 Å². The summed E-state index contributed by atoms with van der Waals surface area (Å²) in [5.41, 5.74) is 1.68. The number of carbonyl (C=O) groups is 1. The summed E-state index contributed by atoms with van der Waals surface area (Å²) < 4.78 is 25.2. The van der Waals surface area contributed by atoms with Crippen LogP contribution in [0, 0.1) is 12.7 Å². The molecule has 1 N–H and O–H groups in total. The number of methoxy groups -OCH3 is 2. The van der Waals surface area contributed by atoms with Gasteiger partial charge in [-0.3, -0.25) is 14.2 Å². The predicted octanol–water partition coefficient (Wildman–Crippen LogP) is 4.33. The Bertz CT molecular complexity index is 1130. The molecule has 9 heteroatoms. The molecule has 0 radical (unpaired) electrons. The van der Waals surface area contributed by atoms with E-state index in [1.807, 2.05) is 0 Å². The molecular weight excluding hydrogens is 419 g/mol. The number of anilines is 1. The van der Waals surface area contributed by atoms with Gasteiger partial charge >= 0.3 is 4.87 Å². The number of rotatable bonds is 6. The number of hydrogen-bond donors (Lipinski definition) is 1. The van der Waals surface area contributed by atoms with E-state index in [-0.39, 0.29) is 21.3 Å². The minimum Gasteiger partial charge on any atom is -0.493 e. The number of thiazole rings is 1.